The monoisotopic (exact) mass is 330 g/mol. The van der Waals surface area contributed by atoms with Crippen molar-refractivity contribution in [1.29, 1.82) is 0 Å². The fourth-order valence-corrected chi connectivity index (χ4v) is 2.85. The van der Waals surface area contributed by atoms with Gasteiger partial charge in [0.1, 0.15) is 4.99 Å². The summed E-state index contributed by atoms with van der Waals surface area (Å²) in [6.45, 7) is 1.93. The first-order valence-electron chi connectivity index (χ1n) is 6.10. The Bertz CT molecular complexity index is 636. The van der Waals surface area contributed by atoms with Gasteiger partial charge in [-0.05, 0) is 36.6 Å². The number of rotatable bonds is 4. The number of hydrogen-bond donors (Lipinski definition) is 2. The van der Waals surface area contributed by atoms with E-state index in [2.05, 4.69) is 5.32 Å². The number of nitrogens with one attached hydrogen (secondary N) is 1. The average Bonchev–Trinajstić information content (AvgIpc) is 2.91. The zero-order valence-electron chi connectivity index (χ0n) is 11.1. The summed E-state index contributed by atoms with van der Waals surface area (Å²) in [5, 5.41) is 5.09. The number of anilines is 1. The summed E-state index contributed by atoms with van der Waals surface area (Å²) in [7, 11) is 0. The van der Waals surface area contributed by atoms with Crippen LogP contribution in [0, 0.1) is 0 Å². The summed E-state index contributed by atoms with van der Waals surface area (Å²) in [4.78, 5) is 0.821. The lowest BCUT2D eigenvalue weighted by Crippen LogP contribution is -2.18. The van der Waals surface area contributed by atoms with Crippen LogP contribution in [0.1, 0.15) is 29.0 Å². The van der Waals surface area contributed by atoms with E-state index in [4.69, 9.17) is 18.0 Å². The highest BCUT2D eigenvalue weighted by Crippen LogP contribution is 2.34. The van der Waals surface area contributed by atoms with Crippen molar-refractivity contribution in [2.45, 2.75) is 19.1 Å². The number of hydrogen-bond acceptors (Lipinski definition) is 3. The van der Waals surface area contributed by atoms with Crippen LogP contribution in [0.25, 0.3) is 0 Å². The predicted molar refractivity (Wildman–Crippen MR) is 83.7 cm³/mol. The Morgan fingerprint density at radius 3 is 2.57 bits per heavy atom. The molecule has 1 heterocycles. The molecule has 0 aliphatic carbocycles. The van der Waals surface area contributed by atoms with Crippen molar-refractivity contribution < 1.29 is 13.2 Å². The molecule has 0 saturated carbocycles. The molecule has 21 heavy (non-hydrogen) atoms. The van der Waals surface area contributed by atoms with Crippen LogP contribution in [0.15, 0.2) is 35.7 Å². The highest BCUT2D eigenvalue weighted by molar-refractivity contribution is 7.80. The number of halogens is 3. The number of benzene rings is 1. The molecule has 0 amide bonds. The zero-order chi connectivity index (χ0) is 15.6. The van der Waals surface area contributed by atoms with Gasteiger partial charge in [-0.3, -0.25) is 0 Å². The standard InChI is InChI=1S/C14H13F3N2S2/c1-8(12-3-2-6-21-12)19-9-4-5-11(14(15,16)17)10(7-9)13(18)20/h2-8,19H,1H3,(H2,18,20). The Labute approximate surface area is 129 Å². The van der Waals surface area contributed by atoms with E-state index in [0.717, 1.165) is 10.9 Å². The lowest BCUT2D eigenvalue weighted by molar-refractivity contribution is -0.137. The van der Waals surface area contributed by atoms with Gasteiger partial charge in [-0.1, -0.05) is 18.3 Å². The lowest BCUT2D eigenvalue weighted by Gasteiger charge is -2.17. The van der Waals surface area contributed by atoms with E-state index in [1.807, 2.05) is 24.4 Å². The van der Waals surface area contributed by atoms with E-state index in [-0.39, 0.29) is 16.6 Å². The second kappa shape index (κ2) is 6.03. The van der Waals surface area contributed by atoms with Crippen molar-refractivity contribution in [2.75, 3.05) is 5.32 Å². The molecule has 0 fully saturated rings. The van der Waals surface area contributed by atoms with Gasteiger partial charge >= 0.3 is 6.18 Å². The molecule has 3 N–H and O–H groups in total. The minimum absolute atomic E-state index is 0.0130. The first-order valence-corrected chi connectivity index (χ1v) is 7.39. The Balaban J connectivity index is 2.30. The fraction of sp³-hybridized carbons (Fsp3) is 0.214. The maximum absolute atomic E-state index is 12.9. The molecule has 1 unspecified atom stereocenters. The predicted octanol–water partition coefficient (Wildman–Crippen LogP) is 4.57. The topological polar surface area (TPSA) is 38.0 Å². The molecule has 2 rings (SSSR count). The molecule has 0 bridgehead atoms. The van der Waals surface area contributed by atoms with E-state index in [1.54, 1.807) is 11.3 Å². The molecule has 1 aromatic heterocycles. The van der Waals surface area contributed by atoms with Gasteiger partial charge in [0.2, 0.25) is 0 Å². The van der Waals surface area contributed by atoms with Crippen LogP contribution in [0.5, 0.6) is 0 Å². The van der Waals surface area contributed by atoms with Crippen molar-refractivity contribution in [1.82, 2.24) is 0 Å². The Morgan fingerprint density at radius 2 is 2.05 bits per heavy atom. The first kappa shape index (κ1) is 15.8. The first-order chi connectivity index (χ1) is 9.79. The van der Waals surface area contributed by atoms with E-state index >= 15 is 0 Å². The van der Waals surface area contributed by atoms with Crippen molar-refractivity contribution >= 4 is 34.2 Å². The number of nitrogens with two attached hydrogens (primary N) is 1. The zero-order valence-corrected chi connectivity index (χ0v) is 12.7. The molecule has 7 heteroatoms. The van der Waals surface area contributed by atoms with Crippen LogP contribution in [0.4, 0.5) is 18.9 Å². The molecular weight excluding hydrogens is 317 g/mol. The minimum Gasteiger partial charge on any atom is -0.389 e. The fourth-order valence-electron chi connectivity index (χ4n) is 1.94. The smallest absolute Gasteiger partial charge is 0.389 e. The average molecular weight is 330 g/mol. The summed E-state index contributed by atoms with van der Waals surface area (Å²) in [5.74, 6) is 0. The largest absolute Gasteiger partial charge is 0.417 e. The van der Waals surface area contributed by atoms with Crippen LogP contribution >= 0.6 is 23.6 Å². The van der Waals surface area contributed by atoms with Gasteiger partial charge in [-0.2, -0.15) is 13.2 Å². The van der Waals surface area contributed by atoms with Crippen molar-refractivity contribution in [3.8, 4) is 0 Å². The van der Waals surface area contributed by atoms with Gasteiger partial charge in [0.15, 0.2) is 0 Å². The van der Waals surface area contributed by atoms with Crippen LogP contribution in [-0.2, 0) is 6.18 Å². The van der Waals surface area contributed by atoms with Crippen molar-refractivity contribution in [3.63, 3.8) is 0 Å². The summed E-state index contributed by atoms with van der Waals surface area (Å²) in [6.07, 6.45) is -4.48. The van der Waals surface area contributed by atoms with Crippen LogP contribution < -0.4 is 11.1 Å². The normalized spacial score (nSPS) is 13.0. The number of thiophene rings is 1. The second-order valence-corrected chi connectivity index (χ2v) is 5.92. The van der Waals surface area contributed by atoms with E-state index in [1.165, 1.54) is 12.1 Å². The molecule has 0 aliphatic heterocycles. The third-order valence-corrected chi connectivity index (χ3v) is 4.22. The molecule has 2 aromatic rings. The molecular formula is C14H13F3N2S2. The van der Waals surface area contributed by atoms with Crippen molar-refractivity contribution in [3.05, 3.63) is 51.7 Å². The van der Waals surface area contributed by atoms with Gasteiger partial charge in [0.25, 0.3) is 0 Å². The van der Waals surface area contributed by atoms with Crippen LogP contribution in [0.2, 0.25) is 0 Å². The van der Waals surface area contributed by atoms with Gasteiger partial charge < -0.3 is 11.1 Å². The number of alkyl halides is 3. The Morgan fingerprint density at radius 1 is 1.33 bits per heavy atom. The quantitative estimate of drug-likeness (QED) is 0.806. The summed E-state index contributed by atoms with van der Waals surface area (Å²) < 4.78 is 38.7. The summed E-state index contributed by atoms with van der Waals surface area (Å²) in [6, 6.07) is 7.59. The minimum atomic E-state index is -4.48. The third-order valence-electron chi connectivity index (χ3n) is 2.94. The van der Waals surface area contributed by atoms with Gasteiger partial charge in [0.05, 0.1) is 11.6 Å². The van der Waals surface area contributed by atoms with Crippen LogP contribution in [-0.4, -0.2) is 4.99 Å². The molecule has 0 spiro atoms. The molecule has 1 atom stereocenters. The molecule has 112 valence electrons. The van der Waals surface area contributed by atoms with E-state index < -0.39 is 11.7 Å². The lowest BCUT2D eigenvalue weighted by atomic mass is 10.1. The second-order valence-electron chi connectivity index (χ2n) is 4.50. The van der Waals surface area contributed by atoms with E-state index in [0.29, 0.717) is 5.69 Å². The Hall–Kier alpha value is -1.60. The molecule has 0 radical (unpaired) electrons. The maximum atomic E-state index is 12.9. The van der Waals surface area contributed by atoms with Gasteiger partial charge in [-0.25, -0.2) is 0 Å². The highest BCUT2D eigenvalue weighted by Gasteiger charge is 2.34. The SMILES string of the molecule is CC(Nc1ccc(C(F)(F)F)c(C(N)=S)c1)c1cccs1. The molecule has 1 aromatic carbocycles. The molecule has 2 nitrogen and oxygen atoms in total. The highest BCUT2D eigenvalue weighted by atomic mass is 32.1. The Kier molecular flexibility index (Phi) is 4.53. The molecule has 0 saturated heterocycles. The summed E-state index contributed by atoms with van der Waals surface area (Å²) >= 11 is 6.30. The number of thiocarbonyl (C=S) groups is 1. The molecule has 0 aliphatic rings. The van der Waals surface area contributed by atoms with Gasteiger partial charge in [-0.15, -0.1) is 11.3 Å². The van der Waals surface area contributed by atoms with Gasteiger partial charge in [0, 0.05) is 16.1 Å². The summed E-state index contributed by atoms with van der Waals surface area (Å²) in [5.41, 5.74) is 4.98. The maximum Gasteiger partial charge on any atom is 0.417 e. The van der Waals surface area contributed by atoms with Crippen LogP contribution in [0.3, 0.4) is 0 Å². The van der Waals surface area contributed by atoms with E-state index in [9.17, 15) is 13.2 Å². The third kappa shape index (κ3) is 3.74. The van der Waals surface area contributed by atoms with Crippen molar-refractivity contribution in [2.24, 2.45) is 5.73 Å².